The van der Waals surface area contributed by atoms with Crippen molar-refractivity contribution in [2.75, 3.05) is 0 Å². The average Bonchev–Trinajstić information content (AvgIpc) is 2.25. The molecule has 1 saturated carbocycles. The molecule has 3 heteroatoms. The van der Waals surface area contributed by atoms with E-state index in [1.807, 2.05) is 6.92 Å². The lowest BCUT2D eigenvalue weighted by atomic mass is 9.76. The molecule has 1 aliphatic carbocycles. The van der Waals surface area contributed by atoms with Crippen LogP contribution in [0.3, 0.4) is 0 Å². The number of benzene rings is 1. The third-order valence-electron chi connectivity index (χ3n) is 3.59. The molecule has 2 rings (SSSR count). The SMILES string of the molecule is Cc1c(Cl)ccc(F)c1C1(N)CCCCC1. The number of hydrogen-bond acceptors (Lipinski definition) is 1. The standard InChI is InChI=1S/C13H17ClFN/c1-9-10(14)5-6-11(15)12(9)13(16)7-3-2-4-8-13/h5-6H,2-4,7-8,16H2,1H3. The Balaban J connectivity index is 2.49. The van der Waals surface area contributed by atoms with Crippen LogP contribution in [-0.4, -0.2) is 0 Å². The molecule has 0 heterocycles. The van der Waals surface area contributed by atoms with Crippen LogP contribution in [0.5, 0.6) is 0 Å². The zero-order chi connectivity index (χ0) is 11.8. The van der Waals surface area contributed by atoms with E-state index in [-0.39, 0.29) is 5.82 Å². The quantitative estimate of drug-likeness (QED) is 0.793. The Morgan fingerprint density at radius 1 is 1.25 bits per heavy atom. The van der Waals surface area contributed by atoms with Gasteiger partial charge in [-0.25, -0.2) is 4.39 Å². The van der Waals surface area contributed by atoms with Crippen molar-refractivity contribution >= 4 is 11.6 Å². The smallest absolute Gasteiger partial charge is 0.128 e. The van der Waals surface area contributed by atoms with Crippen LogP contribution in [0, 0.1) is 12.7 Å². The van der Waals surface area contributed by atoms with Crippen molar-refractivity contribution in [2.24, 2.45) is 5.73 Å². The summed E-state index contributed by atoms with van der Waals surface area (Å²) in [6, 6.07) is 3.02. The lowest BCUT2D eigenvalue weighted by Crippen LogP contribution is -2.40. The van der Waals surface area contributed by atoms with Crippen molar-refractivity contribution in [2.45, 2.75) is 44.6 Å². The second-order valence-electron chi connectivity index (χ2n) is 4.75. The predicted molar refractivity (Wildman–Crippen MR) is 65.1 cm³/mol. The van der Waals surface area contributed by atoms with Gasteiger partial charge in [0.1, 0.15) is 5.82 Å². The molecule has 0 aromatic heterocycles. The monoisotopic (exact) mass is 241 g/mol. The topological polar surface area (TPSA) is 26.0 Å². The highest BCUT2D eigenvalue weighted by Crippen LogP contribution is 2.39. The van der Waals surface area contributed by atoms with Gasteiger partial charge in [-0.3, -0.25) is 0 Å². The molecular formula is C13H17ClFN. The minimum Gasteiger partial charge on any atom is -0.321 e. The van der Waals surface area contributed by atoms with E-state index in [1.54, 1.807) is 6.07 Å². The van der Waals surface area contributed by atoms with Gasteiger partial charge in [0, 0.05) is 16.1 Å². The average molecular weight is 242 g/mol. The molecule has 0 saturated heterocycles. The molecule has 1 aliphatic rings. The van der Waals surface area contributed by atoms with Gasteiger partial charge < -0.3 is 5.73 Å². The van der Waals surface area contributed by atoms with Gasteiger partial charge in [-0.1, -0.05) is 30.9 Å². The van der Waals surface area contributed by atoms with Crippen molar-refractivity contribution in [1.29, 1.82) is 0 Å². The molecular weight excluding hydrogens is 225 g/mol. The molecule has 1 aromatic rings. The van der Waals surface area contributed by atoms with Gasteiger partial charge in [0.2, 0.25) is 0 Å². The van der Waals surface area contributed by atoms with Crippen LogP contribution in [0.4, 0.5) is 4.39 Å². The Bertz CT molecular complexity index is 397. The molecule has 0 spiro atoms. The normalized spacial score (nSPS) is 19.8. The van der Waals surface area contributed by atoms with Gasteiger partial charge in [-0.2, -0.15) is 0 Å². The van der Waals surface area contributed by atoms with E-state index >= 15 is 0 Å². The van der Waals surface area contributed by atoms with Crippen molar-refractivity contribution in [1.82, 2.24) is 0 Å². The first-order valence-corrected chi connectivity index (χ1v) is 6.16. The molecule has 1 aromatic carbocycles. The third kappa shape index (κ3) is 1.96. The fraction of sp³-hybridized carbons (Fsp3) is 0.538. The van der Waals surface area contributed by atoms with Crippen molar-refractivity contribution < 1.29 is 4.39 Å². The molecule has 0 bridgehead atoms. The highest BCUT2D eigenvalue weighted by molar-refractivity contribution is 6.31. The van der Waals surface area contributed by atoms with Crippen LogP contribution >= 0.6 is 11.6 Å². The summed E-state index contributed by atoms with van der Waals surface area (Å²) >= 11 is 6.04. The molecule has 2 N–H and O–H groups in total. The second-order valence-corrected chi connectivity index (χ2v) is 5.15. The summed E-state index contributed by atoms with van der Waals surface area (Å²) in [5.74, 6) is -0.216. The Kier molecular flexibility index (Phi) is 3.22. The van der Waals surface area contributed by atoms with Crippen LogP contribution in [0.25, 0.3) is 0 Å². The van der Waals surface area contributed by atoms with Gasteiger partial charge in [0.15, 0.2) is 0 Å². The summed E-state index contributed by atoms with van der Waals surface area (Å²) < 4.78 is 13.9. The highest BCUT2D eigenvalue weighted by atomic mass is 35.5. The van der Waals surface area contributed by atoms with Crippen LogP contribution < -0.4 is 5.73 Å². The summed E-state index contributed by atoms with van der Waals surface area (Å²) in [4.78, 5) is 0. The summed E-state index contributed by atoms with van der Waals surface area (Å²) in [6.07, 6.45) is 5.04. The first kappa shape index (κ1) is 11.9. The number of halogens is 2. The van der Waals surface area contributed by atoms with E-state index in [2.05, 4.69) is 0 Å². The summed E-state index contributed by atoms with van der Waals surface area (Å²) in [5.41, 5.74) is 7.26. The first-order valence-electron chi connectivity index (χ1n) is 5.78. The highest BCUT2D eigenvalue weighted by Gasteiger charge is 2.33. The fourth-order valence-electron chi connectivity index (χ4n) is 2.70. The van der Waals surface area contributed by atoms with Crippen LogP contribution in [-0.2, 0) is 5.54 Å². The molecule has 1 nitrogen and oxygen atoms in total. The number of nitrogens with two attached hydrogens (primary N) is 1. The Hall–Kier alpha value is -0.600. The van der Waals surface area contributed by atoms with Gasteiger partial charge in [-0.15, -0.1) is 0 Å². The van der Waals surface area contributed by atoms with E-state index in [4.69, 9.17) is 17.3 Å². The zero-order valence-electron chi connectivity index (χ0n) is 9.52. The first-order chi connectivity index (χ1) is 7.54. The molecule has 16 heavy (non-hydrogen) atoms. The Morgan fingerprint density at radius 2 is 1.88 bits per heavy atom. The summed E-state index contributed by atoms with van der Waals surface area (Å²) in [7, 11) is 0. The lowest BCUT2D eigenvalue weighted by molar-refractivity contribution is 0.291. The van der Waals surface area contributed by atoms with Gasteiger partial charge in [0.05, 0.1) is 0 Å². The Labute approximate surface area is 101 Å². The van der Waals surface area contributed by atoms with Crippen molar-refractivity contribution in [3.63, 3.8) is 0 Å². The molecule has 88 valence electrons. The summed E-state index contributed by atoms with van der Waals surface area (Å²) in [6.45, 7) is 1.85. The maximum absolute atomic E-state index is 13.9. The van der Waals surface area contributed by atoms with Crippen molar-refractivity contribution in [3.8, 4) is 0 Å². The van der Waals surface area contributed by atoms with Gasteiger partial charge in [0.25, 0.3) is 0 Å². The molecule has 0 atom stereocenters. The van der Waals surface area contributed by atoms with Gasteiger partial charge >= 0.3 is 0 Å². The second kappa shape index (κ2) is 4.34. The Morgan fingerprint density at radius 3 is 2.50 bits per heavy atom. The number of rotatable bonds is 1. The largest absolute Gasteiger partial charge is 0.321 e. The van der Waals surface area contributed by atoms with E-state index in [9.17, 15) is 4.39 Å². The molecule has 0 unspecified atom stereocenters. The van der Waals surface area contributed by atoms with E-state index in [0.717, 1.165) is 31.2 Å². The zero-order valence-corrected chi connectivity index (χ0v) is 10.3. The molecule has 1 fully saturated rings. The minimum atomic E-state index is -0.517. The fourth-order valence-corrected chi connectivity index (χ4v) is 2.85. The van der Waals surface area contributed by atoms with Crippen LogP contribution in [0.1, 0.15) is 43.2 Å². The van der Waals surface area contributed by atoms with E-state index in [1.165, 1.54) is 12.5 Å². The maximum atomic E-state index is 13.9. The predicted octanol–water partition coefficient (Wildman–Crippen LogP) is 3.91. The van der Waals surface area contributed by atoms with Crippen LogP contribution in [0.15, 0.2) is 12.1 Å². The number of hydrogen-bond donors (Lipinski definition) is 1. The van der Waals surface area contributed by atoms with E-state index < -0.39 is 5.54 Å². The van der Waals surface area contributed by atoms with Crippen molar-refractivity contribution in [3.05, 3.63) is 34.1 Å². The minimum absolute atomic E-state index is 0.216. The van der Waals surface area contributed by atoms with E-state index in [0.29, 0.717) is 10.6 Å². The lowest BCUT2D eigenvalue weighted by Gasteiger charge is -2.35. The molecule has 0 radical (unpaired) electrons. The molecule has 0 amide bonds. The van der Waals surface area contributed by atoms with Gasteiger partial charge in [-0.05, 0) is 37.5 Å². The molecule has 0 aliphatic heterocycles. The third-order valence-corrected chi connectivity index (χ3v) is 4.00. The van der Waals surface area contributed by atoms with Crippen LogP contribution in [0.2, 0.25) is 5.02 Å². The maximum Gasteiger partial charge on any atom is 0.128 e. The summed E-state index contributed by atoms with van der Waals surface area (Å²) in [5, 5.41) is 0.604.